The van der Waals surface area contributed by atoms with Crippen LogP contribution in [0.3, 0.4) is 0 Å². The Hall–Kier alpha value is -2.30. The number of nitrogens with two attached hydrogens (primary N) is 1. The van der Waals surface area contributed by atoms with Gasteiger partial charge in [-0.1, -0.05) is 12.1 Å². The van der Waals surface area contributed by atoms with Crippen molar-refractivity contribution in [1.82, 2.24) is 10.2 Å². The van der Waals surface area contributed by atoms with Crippen LogP contribution >= 0.6 is 0 Å². The van der Waals surface area contributed by atoms with Gasteiger partial charge in [-0.2, -0.15) is 5.10 Å². The number of rotatable bonds is 1. The van der Waals surface area contributed by atoms with Crippen LogP contribution in [0.15, 0.2) is 29.2 Å². The molecule has 0 saturated carbocycles. The first-order valence-electron chi connectivity index (χ1n) is 5.82. The Labute approximate surface area is 104 Å². The summed E-state index contributed by atoms with van der Waals surface area (Å²) in [6.45, 7) is 3.31. The van der Waals surface area contributed by atoms with Gasteiger partial charge in [-0.15, -0.1) is 0 Å². The highest BCUT2D eigenvalue weighted by molar-refractivity contribution is 5.60. The number of nitrogens with zero attached hydrogens (tertiary/aromatic N) is 2. The molecule has 1 aromatic carbocycles. The van der Waals surface area contributed by atoms with Crippen LogP contribution in [0.25, 0.3) is 0 Å². The van der Waals surface area contributed by atoms with Crippen LogP contribution in [0.5, 0.6) is 0 Å². The first-order valence-corrected chi connectivity index (χ1v) is 5.82. The zero-order valence-corrected chi connectivity index (χ0v) is 10.1. The van der Waals surface area contributed by atoms with E-state index >= 15 is 0 Å². The minimum absolute atomic E-state index is 0.142. The summed E-state index contributed by atoms with van der Waals surface area (Å²) in [5.41, 5.74) is 10.6. The van der Waals surface area contributed by atoms with Crippen LogP contribution in [0.1, 0.15) is 16.7 Å². The van der Waals surface area contributed by atoms with Crippen molar-refractivity contribution in [1.29, 1.82) is 0 Å². The third-order valence-electron chi connectivity index (χ3n) is 3.44. The molecule has 3 N–H and O–H groups in total. The molecule has 2 heterocycles. The zero-order chi connectivity index (χ0) is 12.7. The first-order chi connectivity index (χ1) is 8.66. The first kappa shape index (κ1) is 10.8. The maximum absolute atomic E-state index is 11.6. The number of anilines is 2. The van der Waals surface area contributed by atoms with Gasteiger partial charge in [0.1, 0.15) is 0 Å². The van der Waals surface area contributed by atoms with Gasteiger partial charge in [0.15, 0.2) is 0 Å². The molecule has 18 heavy (non-hydrogen) atoms. The van der Waals surface area contributed by atoms with Crippen LogP contribution in [0, 0.1) is 6.92 Å². The molecule has 0 unspecified atom stereocenters. The lowest BCUT2D eigenvalue weighted by Crippen LogP contribution is -2.21. The van der Waals surface area contributed by atoms with Crippen molar-refractivity contribution in [2.75, 3.05) is 10.6 Å². The summed E-state index contributed by atoms with van der Waals surface area (Å²) in [4.78, 5) is 13.7. The van der Waals surface area contributed by atoms with Gasteiger partial charge < -0.3 is 10.6 Å². The maximum Gasteiger partial charge on any atom is 0.269 e. The largest absolute Gasteiger partial charge is 0.398 e. The van der Waals surface area contributed by atoms with E-state index in [9.17, 15) is 4.79 Å². The van der Waals surface area contributed by atoms with Crippen molar-refractivity contribution in [3.63, 3.8) is 0 Å². The van der Waals surface area contributed by atoms with E-state index in [2.05, 4.69) is 21.2 Å². The van der Waals surface area contributed by atoms with Crippen molar-refractivity contribution in [3.8, 4) is 0 Å². The summed E-state index contributed by atoms with van der Waals surface area (Å²) in [5.74, 6) is 0. The molecular formula is C13H14N4O. The second-order valence-electron chi connectivity index (χ2n) is 4.55. The minimum Gasteiger partial charge on any atom is -0.398 e. The second-order valence-corrected chi connectivity index (χ2v) is 4.55. The van der Waals surface area contributed by atoms with Gasteiger partial charge in [0.05, 0.1) is 11.9 Å². The summed E-state index contributed by atoms with van der Waals surface area (Å²) < 4.78 is 0. The van der Waals surface area contributed by atoms with E-state index in [1.165, 1.54) is 5.56 Å². The van der Waals surface area contributed by atoms with Gasteiger partial charge in [0.25, 0.3) is 5.56 Å². The number of H-pyrrole nitrogens is 1. The van der Waals surface area contributed by atoms with E-state index in [4.69, 9.17) is 5.73 Å². The van der Waals surface area contributed by atoms with Crippen LogP contribution in [0.2, 0.25) is 0 Å². The number of hydrogen-bond acceptors (Lipinski definition) is 4. The molecule has 0 fully saturated rings. The number of aromatic nitrogens is 2. The van der Waals surface area contributed by atoms with Gasteiger partial charge in [-0.25, -0.2) is 5.10 Å². The predicted molar refractivity (Wildman–Crippen MR) is 70.3 cm³/mol. The molecule has 1 aliphatic rings. The van der Waals surface area contributed by atoms with Crippen molar-refractivity contribution >= 4 is 11.4 Å². The average molecular weight is 242 g/mol. The number of aromatic amines is 1. The summed E-state index contributed by atoms with van der Waals surface area (Å²) >= 11 is 0. The Kier molecular flexibility index (Phi) is 2.33. The Bertz CT molecular complexity index is 662. The number of nitrogens with one attached hydrogen (secondary N) is 1. The summed E-state index contributed by atoms with van der Waals surface area (Å²) in [7, 11) is 0. The highest BCUT2D eigenvalue weighted by Gasteiger charge is 2.22. The molecule has 92 valence electrons. The normalized spacial score (nSPS) is 13.7. The Morgan fingerprint density at radius 3 is 3.00 bits per heavy atom. The molecule has 0 radical (unpaired) electrons. The topological polar surface area (TPSA) is 75.0 Å². The molecular weight excluding hydrogens is 228 g/mol. The van der Waals surface area contributed by atoms with Gasteiger partial charge in [0.2, 0.25) is 0 Å². The molecule has 5 heteroatoms. The lowest BCUT2D eigenvalue weighted by molar-refractivity contribution is 0.849. The smallest absolute Gasteiger partial charge is 0.269 e. The quantitative estimate of drug-likeness (QED) is 0.736. The molecule has 0 spiro atoms. The molecule has 0 saturated heterocycles. The van der Waals surface area contributed by atoms with E-state index in [0.717, 1.165) is 30.0 Å². The second kappa shape index (κ2) is 3.87. The monoisotopic (exact) mass is 242 g/mol. The lowest BCUT2D eigenvalue weighted by atomic mass is 10.1. The number of hydrogen-bond donors (Lipinski definition) is 2. The molecule has 0 amide bonds. The SMILES string of the molecule is Cc1c(N2Cc3cccc(N)c3C2)cn[nH]c1=O. The van der Waals surface area contributed by atoms with Crippen LogP contribution < -0.4 is 16.2 Å². The number of nitrogen functional groups attached to an aromatic ring is 1. The van der Waals surface area contributed by atoms with E-state index in [-0.39, 0.29) is 5.56 Å². The molecule has 0 bridgehead atoms. The average Bonchev–Trinajstić information content (AvgIpc) is 2.78. The van der Waals surface area contributed by atoms with E-state index < -0.39 is 0 Å². The van der Waals surface area contributed by atoms with Gasteiger partial charge in [-0.05, 0) is 24.1 Å². The molecule has 2 aromatic rings. The fraction of sp³-hybridized carbons (Fsp3) is 0.231. The maximum atomic E-state index is 11.6. The fourth-order valence-corrected chi connectivity index (χ4v) is 2.39. The molecule has 1 aromatic heterocycles. The van der Waals surface area contributed by atoms with E-state index in [1.807, 2.05) is 19.1 Å². The van der Waals surface area contributed by atoms with Crippen molar-refractivity contribution in [2.45, 2.75) is 20.0 Å². The Morgan fingerprint density at radius 2 is 2.22 bits per heavy atom. The van der Waals surface area contributed by atoms with Crippen molar-refractivity contribution < 1.29 is 0 Å². The summed E-state index contributed by atoms with van der Waals surface area (Å²) in [6, 6.07) is 5.94. The number of fused-ring (bicyclic) bond motifs is 1. The van der Waals surface area contributed by atoms with Crippen molar-refractivity contribution in [3.05, 3.63) is 51.4 Å². The third kappa shape index (κ3) is 1.55. The Balaban J connectivity index is 2.02. The fourth-order valence-electron chi connectivity index (χ4n) is 2.39. The third-order valence-corrected chi connectivity index (χ3v) is 3.44. The molecule has 1 aliphatic heterocycles. The molecule has 0 aliphatic carbocycles. The Morgan fingerprint density at radius 1 is 1.39 bits per heavy atom. The summed E-state index contributed by atoms with van der Waals surface area (Å²) in [5, 5.41) is 6.30. The number of benzene rings is 1. The minimum atomic E-state index is -0.142. The van der Waals surface area contributed by atoms with E-state index in [0.29, 0.717) is 5.56 Å². The van der Waals surface area contributed by atoms with Gasteiger partial charge in [-0.3, -0.25) is 4.79 Å². The summed E-state index contributed by atoms with van der Waals surface area (Å²) in [6.07, 6.45) is 1.69. The standard InChI is InChI=1S/C13H14N4O/c1-8-12(5-15-16-13(8)18)17-6-9-3-2-4-11(14)10(9)7-17/h2-5H,6-7,14H2,1H3,(H,16,18). The van der Waals surface area contributed by atoms with Gasteiger partial charge in [0, 0.05) is 24.3 Å². The molecule has 5 nitrogen and oxygen atoms in total. The molecule has 3 rings (SSSR count). The highest BCUT2D eigenvalue weighted by Crippen LogP contribution is 2.31. The lowest BCUT2D eigenvalue weighted by Gasteiger charge is -2.18. The van der Waals surface area contributed by atoms with Gasteiger partial charge >= 0.3 is 0 Å². The van der Waals surface area contributed by atoms with Crippen LogP contribution in [-0.4, -0.2) is 10.2 Å². The molecule has 0 atom stereocenters. The van der Waals surface area contributed by atoms with Crippen molar-refractivity contribution in [2.24, 2.45) is 0 Å². The predicted octanol–water partition coefficient (Wildman–Crippen LogP) is 1.18. The highest BCUT2D eigenvalue weighted by atomic mass is 16.1. The van der Waals surface area contributed by atoms with Crippen LogP contribution in [-0.2, 0) is 13.1 Å². The zero-order valence-electron chi connectivity index (χ0n) is 10.1. The van der Waals surface area contributed by atoms with E-state index in [1.54, 1.807) is 6.20 Å². The van der Waals surface area contributed by atoms with Crippen LogP contribution in [0.4, 0.5) is 11.4 Å².